The van der Waals surface area contributed by atoms with Crippen LogP contribution in [0.2, 0.25) is 0 Å². The summed E-state index contributed by atoms with van der Waals surface area (Å²) in [7, 11) is 0. The molecule has 0 saturated heterocycles. The van der Waals surface area contributed by atoms with Gasteiger partial charge >= 0.3 is 5.97 Å². The fraction of sp³-hybridized carbons (Fsp3) is 0.400. The Balaban J connectivity index is 2.28. The van der Waals surface area contributed by atoms with E-state index in [-0.39, 0.29) is 12.1 Å². The van der Waals surface area contributed by atoms with E-state index in [2.05, 4.69) is 10.3 Å². The van der Waals surface area contributed by atoms with E-state index in [1.54, 1.807) is 24.4 Å². The minimum absolute atomic E-state index is 0.175. The Labute approximate surface area is 122 Å². The standard InChI is InChI=1S/C15H19N3O3/c1-3-15(4-2,14(20)21)16-10-11-9-13(19)18-8-6-5-7-12(18)17-11/h5-9,16H,3-4,10H2,1-2H3,(H,20,21). The molecule has 0 saturated carbocycles. The molecule has 0 atom stereocenters. The zero-order valence-corrected chi connectivity index (χ0v) is 12.2. The van der Waals surface area contributed by atoms with Crippen LogP contribution in [-0.2, 0) is 11.3 Å². The van der Waals surface area contributed by atoms with Gasteiger partial charge in [-0.1, -0.05) is 19.9 Å². The molecule has 0 amide bonds. The molecule has 2 N–H and O–H groups in total. The fourth-order valence-corrected chi connectivity index (χ4v) is 2.33. The van der Waals surface area contributed by atoms with Crippen molar-refractivity contribution in [3.05, 3.63) is 46.5 Å². The Hall–Kier alpha value is -2.21. The lowest BCUT2D eigenvalue weighted by atomic mass is 9.93. The number of carboxylic acid groups (broad SMARTS) is 1. The Morgan fingerprint density at radius 1 is 1.38 bits per heavy atom. The van der Waals surface area contributed by atoms with Crippen molar-refractivity contribution < 1.29 is 9.90 Å². The van der Waals surface area contributed by atoms with E-state index in [4.69, 9.17) is 0 Å². The lowest BCUT2D eigenvalue weighted by molar-refractivity contribution is -0.145. The fourth-order valence-electron chi connectivity index (χ4n) is 2.33. The molecule has 6 heteroatoms. The monoisotopic (exact) mass is 289 g/mol. The average Bonchev–Trinajstić information content (AvgIpc) is 2.48. The minimum Gasteiger partial charge on any atom is -0.480 e. The first-order valence-corrected chi connectivity index (χ1v) is 6.98. The molecule has 0 unspecified atom stereocenters. The van der Waals surface area contributed by atoms with Gasteiger partial charge in [-0.05, 0) is 25.0 Å². The maximum Gasteiger partial charge on any atom is 0.323 e. The molecule has 2 aromatic heterocycles. The van der Waals surface area contributed by atoms with Crippen LogP contribution in [0.5, 0.6) is 0 Å². The minimum atomic E-state index is -0.983. The van der Waals surface area contributed by atoms with E-state index in [1.807, 2.05) is 13.8 Å². The third-order valence-electron chi connectivity index (χ3n) is 3.85. The van der Waals surface area contributed by atoms with Gasteiger partial charge in [0, 0.05) is 18.8 Å². The number of carboxylic acids is 1. The van der Waals surface area contributed by atoms with Gasteiger partial charge in [0.2, 0.25) is 0 Å². The number of carbonyl (C=O) groups is 1. The van der Waals surface area contributed by atoms with Gasteiger partial charge in [0.15, 0.2) is 0 Å². The van der Waals surface area contributed by atoms with Crippen LogP contribution in [0.1, 0.15) is 32.4 Å². The lowest BCUT2D eigenvalue weighted by Crippen LogP contribution is -2.50. The van der Waals surface area contributed by atoms with Crippen LogP contribution < -0.4 is 10.9 Å². The third kappa shape index (κ3) is 2.95. The SMILES string of the molecule is CCC(CC)(NCc1cc(=O)n2ccccc2n1)C(=O)O. The molecule has 0 aliphatic rings. The molecule has 0 radical (unpaired) electrons. The maximum absolute atomic E-state index is 12.0. The summed E-state index contributed by atoms with van der Waals surface area (Å²) >= 11 is 0. The zero-order valence-electron chi connectivity index (χ0n) is 12.2. The van der Waals surface area contributed by atoms with Gasteiger partial charge in [-0.2, -0.15) is 0 Å². The molecule has 6 nitrogen and oxygen atoms in total. The lowest BCUT2D eigenvalue weighted by Gasteiger charge is -2.28. The second-order valence-corrected chi connectivity index (χ2v) is 4.96. The van der Waals surface area contributed by atoms with Crippen molar-refractivity contribution in [1.29, 1.82) is 0 Å². The predicted octanol–water partition coefficient (Wildman–Crippen LogP) is 1.43. The van der Waals surface area contributed by atoms with Gasteiger partial charge in [0.05, 0.1) is 5.69 Å². The Bertz CT molecular complexity index is 705. The van der Waals surface area contributed by atoms with Crippen LogP contribution >= 0.6 is 0 Å². The van der Waals surface area contributed by atoms with E-state index in [0.717, 1.165) is 0 Å². The Morgan fingerprint density at radius 2 is 2.10 bits per heavy atom. The second kappa shape index (κ2) is 6.05. The van der Waals surface area contributed by atoms with E-state index in [0.29, 0.717) is 24.2 Å². The van der Waals surface area contributed by atoms with E-state index < -0.39 is 11.5 Å². The molecule has 0 bridgehead atoms. The van der Waals surface area contributed by atoms with Crippen molar-refractivity contribution >= 4 is 11.6 Å². The molecular weight excluding hydrogens is 270 g/mol. The highest BCUT2D eigenvalue weighted by molar-refractivity contribution is 5.78. The Kier molecular flexibility index (Phi) is 4.37. The summed E-state index contributed by atoms with van der Waals surface area (Å²) in [5, 5.41) is 12.4. The van der Waals surface area contributed by atoms with E-state index in [9.17, 15) is 14.7 Å². The van der Waals surface area contributed by atoms with Crippen molar-refractivity contribution in [1.82, 2.24) is 14.7 Å². The number of aliphatic carboxylic acids is 1. The van der Waals surface area contributed by atoms with Crippen LogP contribution in [0.3, 0.4) is 0 Å². The number of aromatic nitrogens is 2. The zero-order chi connectivity index (χ0) is 15.5. The molecule has 2 aromatic rings. The summed E-state index contributed by atoms with van der Waals surface area (Å²) in [6, 6.07) is 6.74. The summed E-state index contributed by atoms with van der Waals surface area (Å²) in [6.45, 7) is 3.90. The molecule has 0 aliphatic carbocycles. The number of rotatable bonds is 6. The van der Waals surface area contributed by atoms with Gasteiger partial charge < -0.3 is 5.11 Å². The van der Waals surface area contributed by atoms with E-state index >= 15 is 0 Å². The first kappa shape index (κ1) is 15.2. The molecule has 0 aliphatic heterocycles. The summed E-state index contributed by atoms with van der Waals surface area (Å²) in [4.78, 5) is 27.8. The van der Waals surface area contributed by atoms with Crippen molar-refractivity contribution in [3.63, 3.8) is 0 Å². The third-order valence-corrected chi connectivity index (χ3v) is 3.85. The van der Waals surface area contributed by atoms with Crippen LogP contribution in [-0.4, -0.2) is 26.0 Å². The largest absolute Gasteiger partial charge is 0.480 e. The van der Waals surface area contributed by atoms with Crippen molar-refractivity contribution in [2.45, 2.75) is 38.8 Å². The predicted molar refractivity (Wildman–Crippen MR) is 79.3 cm³/mol. The van der Waals surface area contributed by atoms with Gasteiger partial charge in [-0.15, -0.1) is 0 Å². The number of fused-ring (bicyclic) bond motifs is 1. The molecule has 0 fully saturated rings. The normalized spacial score (nSPS) is 11.7. The van der Waals surface area contributed by atoms with Gasteiger partial charge in [-0.3, -0.25) is 19.3 Å². The van der Waals surface area contributed by atoms with Crippen LogP contribution in [0.25, 0.3) is 5.65 Å². The molecule has 2 heterocycles. The molecule has 112 valence electrons. The molecule has 21 heavy (non-hydrogen) atoms. The first-order chi connectivity index (χ1) is 10.0. The van der Waals surface area contributed by atoms with Crippen LogP contribution in [0, 0.1) is 0 Å². The summed E-state index contributed by atoms with van der Waals surface area (Å²) in [6.07, 6.45) is 2.58. The molecule has 2 rings (SSSR count). The molecule has 0 aromatic carbocycles. The number of nitrogens with zero attached hydrogens (tertiary/aromatic N) is 2. The number of nitrogens with one attached hydrogen (secondary N) is 1. The summed E-state index contributed by atoms with van der Waals surface area (Å²) in [5.41, 5.74) is -0.0652. The highest BCUT2D eigenvalue weighted by atomic mass is 16.4. The average molecular weight is 289 g/mol. The van der Waals surface area contributed by atoms with Crippen LogP contribution in [0.15, 0.2) is 35.3 Å². The number of hydrogen-bond donors (Lipinski definition) is 2. The van der Waals surface area contributed by atoms with Crippen molar-refractivity contribution in [3.8, 4) is 0 Å². The smallest absolute Gasteiger partial charge is 0.323 e. The maximum atomic E-state index is 12.0. The second-order valence-electron chi connectivity index (χ2n) is 4.96. The highest BCUT2D eigenvalue weighted by Crippen LogP contribution is 2.16. The van der Waals surface area contributed by atoms with Crippen molar-refractivity contribution in [2.24, 2.45) is 0 Å². The highest BCUT2D eigenvalue weighted by Gasteiger charge is 2.34. The van der Waals surface area contributed by atoms with Crippen molar-refractivity contribution in [2.75, 3.05) is 0 Å². The van der Waals surface area contributed by atoms with Gasteiger partial charge in [0.25, 0.3) is 5.56 Å². The quantitative estimate of drug-likeness (QED) is 0.840. The topological polar surface area (TPSA) is 83.7 Å². The van der Waals surface area contributed by atoms with Gasteiger partial charge in [0.1, 0.15) is 11.2 Å². The Morgan fingerprint density at radius 3 is 2.71 bits per heavy atom. The number of hydrogen-bond acceptors (Lipinski definition) is 4. The summed E-state index contributed by atoms with van der Waals surface area (Å²) in [5.74, 6) is -0.884. The molecule has 0 spiro atoms. The first-order valence-electron chi connectivity index (χ1n) is 6.98. The number of pyridine rings is 1. The molecular formula is C15H19N3O3. The van der Waals surface area contributed by atoms with E-state index in [1.165, 1.54) is 10.5 Å². The van der Waals surface area contributed by atoms with Crippen LogP contribution in [0.4, 0.5) is 0 Å². The summed E-state index contributed by atoms with van der Waals surface area (Å²) < 4.78 is 1.45. The van der Waals surface area contributed by atoms with Gasteiger partial charge in [-0.25, -0.2) is 4.98 Å².